The molecular weight excluding hydrogens is 310 g/mol. The highest BCUT2D eigenvalue weighted by molar-refractivity contribution is 5.94. The fourth-order valence-electron chi connectivity index (χ4n) is 2.69. The van der Waals surface area contributed by atoms with Gasteiger partial charge in [0.15, 0.2) is 0 Å². The number of nitrogens with zero attached hydrogens (tertiary/aromatic N) is 3. The van der Waals surface area contributed by atoms with Crippen molar-refractivity contribution < 1.29 is 14.5 Å². The van der Waals surface area contributed by atoms with Crippen molar-refractivity contribution in [3.05, 3.63) is 64.5 Å². The molecule has 1 saturated heterocycles. The van der Waals surface area contributed by atoms with Crippen LogP contribution in [0.1, 0.15) is 23.2 Å². The number of hydrogen-bond acceptors (Lipinski definition) is 5. The van der Waals surface area contributed by atoms with Gasteiger partial charge < -0.3 is 9.64 Å². The minimum atomic E-state index is -0.477. The maximum absolute atomic E-state index is 12.5. The van der Waals surface area contributed by atoms with Crippen molar-refractivity contribution >= 4 is 11.6 Å². The normalized spacial score (nSPS) is 15.1. The predicted octanol–water partition coefficient (Wildman–Crippen LogP) is 2.67. The number of aromatic nitrogens is 1. The van der Waals surface area contributed by atoms with E-state index in [1.807, 2.05) is 12.1 Å². The van der Waals surface area contributed by atoms with Crippen LogP contribution in [-0.4, -0.2) is 39.9 Å². The highest BCUT2D eigenvalue weighted by Crippen LogP contribution is 2.20. The third-order valence-electron chi connectivity index (χ3n) is 3.99. The zero-order valence-electron chi connectivity index (χ0n) is 13.0. The number of rotatable bonds is 4. The van der Waals surface area contributed by atoms with Crippen molar-refractivity contribution in [2.75, 3.05) is 13.1 Å². The van der Waals surface area contributed by atoms with Crippen molar-refractivity contribution in [3.63, 3.8) is 0 Å². The van der Waals surface area contributed by atoms with Gasteiger partial charge in [-0.2, -0.15) is 0 Å². The molecule has 2 heterocycles. The minimum absolute atomic E-state index is 0.0184. The minimum Gasteiger partial charge on any atom is -0.489 e. The molecule has 0 radical (unpaired) electrons. The standard InChI is InChI=1S/C17H17N3O4/c21-17(13-3-5-14(6-4-13)20(22)23)19-10-7-15(8-11-19)24-16-2-1-9-18-12-16/h1-6,9,12,15H,7-8,10-11H2. The Morgan fingerprint density at radius 3 is 2.50 bits per heavy atom. The fraction of sp³-hybridized carbons (Fsp3) is 0.294. The number of hydrogen-bond donors (Lipinski definition) is 0. The molecule has 24 heavy (non-hydrogen) atoms. The van der Waals surface area contributed by atoms with E-state index in [1.54, 1.807) is 17.3 Å². The van der Waals surface area contributed by atoms with E-state index >= 15 is 0 Å². The highest BCUT2D eigenvalue weighted by atomic mass is 16.6. The van der Waals surface area contributed by atoms with Gasteiger partial charge in [-0.15, -0.1) is 0 Å². The van der Waals surface area contributed by atoms with Crippen LogP contribution in [0.4, 0.5) is 5.69 Å². The molecule has 0 N–H and O–H groups in total. The molecule has 0 bridgehead atoms. The first-order valence-corrected chi connectivity index (χ1v) is 7.74. The van der Waals surface area contributed by atoms with Crippen LogP contribution in [0.15, 0.2) is 48.8 Å². The average molecular weight is 327 g/mol. The van der Waals surface area contributed by atoms with Crippen molar-refractivity contribution in [3.8, 4) is 5.75 Å². The number of non-ortho nitro benzene ring substituents is 1. The largest absolute Gasteiger partial charge is 0.489 e. The van der Waals surface area contributed by atoms with Crippen molar-refractivity contribution in [1.82, 2.24) is 9.88 Å². The molecule has 1 fully saturated rings. The molecule has 1 aromatic heterocycles. The number of nitro benzene ring substituents is 1. The fourth-order valence-corrected chi connectivity index (χ4v) is 2.69. The monoisotopic (exact) mass is 327 g/mol. The molecule has 2 aromatic rings. The van der Waals surface area contributed by atoms with E-state index in [9.17, 15) is 14.9 Å². The maximum Gasteiger partial charge on any atom is 0.269 e. The van der Waals surface area contributed by atoms with Gasteiger partial charge in [0.25, 0.3) is 11.6 Å². The molecule has 1 amide bonds. The van der Waals surface area contributed by atoms with E-state index in [1.165, 1.54) is 24.3 Å². The van der Waals surface area contributed by atoms with Crippen molar-refractivity contribution in [1.29, 1.82) is 0 Å². The van der Waals surface area contributed by atoms with E-state index in [2.05, 4.69) is 4.98 Å². The van der Waals surface area contributed by atoms with E-state index < -0.39 is 4.92 Å². The maximum atomic E-state index is 12.5. The summed E-state index contributed by atoms with van der Waals surface area (Å²) in [7, 11) is 0. The summed E-state index contributed by atoms with van der Waals surface area (Å²) in [6, 6.07) is 9.39. The number of carbonyl (C=O) groups is 1. The lowest BCUT2D eigenvalue weighted by atomic mass is 10.1. The van der Waals surface area contributed by atoms with Gasteiger partial charge in [0.05, 0.1) is 11.1 Å². The first-order valence-electron chi connectivity index (χ1n) is 7.74. The van der Waals surface area contributed by atoms with Crippen LogP contribution >= 0.6 is 0 Å². The first-order chi connectivity index (χ1) is 11.6. The average Bonchev–Trinajstić information content (AvgIpc) is 2.63. The third-order valence-corrected chi connectivity index (χ3v) is 3.99. The summed E-state index contributed by atoms with van der Waals surface area (Å²) in [5.74, 6) is 0.627. The van der Waals surface area contributed by atoms with Crippen LogP contribution in [0.3, 0.4) is 0 Å². The molecule has 0 saturated carbocycles. The van der Waals surface area contributed by atoms with Gasteiger partial charge in [0.2, 0.25) is 0 Å². The number of nitro groups is 1. The molecule has 7 heteroatoms. The number of amides is 1. The summed E-state index contributed by atoms with van der Waals surface area (Å²) in [6.45, 7) is 1.20. The third kappa shape index (κ3) is 3.68. The Bertz CT molecular complexity index is 710. The number of likely N-dealkylation sites (tertiary alicyclic amines) is 1. The number of ether oxygens (including phenoxy) is 1. The van der Waals surface area contributed by atoms with Crippen LogP contribution in [0.2, 0.25) is 0 Å². The number of benzene rings is 1. The zero-order valence-corrected chi connectivity index (χ0v) is 13.0. The summed E-state index contributed by atoms with van der Waals surface area (Å²) in [5.41, 5.74) is 0.447. The zero-order chi connectivity index (χ0) is 16.9. The lowest BCUT2D eigenvalue weighted by Crippen LogP contribution is -2.41. The van der Waals surface area contributed by atoms with Crippen LogP contribution in [0.25, 0.3) is 0 Å². The Morgan fingerprint density at radius 1 is 1.21 bits per heavy atom. The van der Waals surface area contributed by atoms with Crippen LogP contribution in [0.5, 0.6) is 5.75 Å². The smallest absolute Gasteiger partial charge is 0.269 e. The lowest BCUT2D eigenvalue weighted by molar-refractivity contribution is -0.384. The van der Waals surface area contributed by atoms with E-state index in [-0.39, 0.29) is 17.7 Å². The van der Waals surface area contributed by atoms with Gasteiger partial charge >= 0.3 is 0 Å². The quantitative estimate of drug-likeness (QED) is 0.636. The molecular formula is C17H17N3O4. The van der Waals surface area contributed by atoms with Gasteiger partial charge in [-0.05, 0) is 24.3 Å². The van der Waals surface area contributed by atoms with Gasteiger partial charge in [-0.1, -0.05) is 0 Å². The number of carbonyl (C=O) groups excluding carboxylic acids is 1. The van der Waals surface area contributed by atoms with Crippen LogP contribution in [0, 0.1) is 10.1 Å². The van der Waals surface area contributed by atoms with Crippen LogP contribution in [-0.2, 0) is 0 Å². The van der Waals surface area contributed by atoms with E-state index in [0.717, 1.165) is 18.6 Å². The molecule has 1 aliphatic rings. The molecule has 124 valence electrons. The Labute approximate surface area is 139 Å². The molecule has 7 nitrogen and oxygen atoms in total. The predicted molar refractivity (Wildman–Crippen MR) is 86.9 cm³/mol. The number of piperidine rings is 1. The summed E-state index contributed by atoms with van der Waals surface area (Å²) in [6.07, 6.45) is 4.92. The highest BCUT2D eigenvalue weighted by Gasteiger charge is 2.25. The first kappa shape index (κ1) is 15.9. The Morgan fingerprint density at radius 2 is 1.92 bits per heavy atom. The summed E-state index contributed by atoms with van der Waals surface area (Å²) in [4.78, 5) is 28.4. The molecule has 0 aliphatic carbocycles. The van der Waals surface area contributed by atoms with Gasteiger partial charge in [0.1, 0.15) is 11.9 Å². The topological polar surface area (TPSA) is 85.6 Å². The van der Waals surface area contributed by atoms with Crippen LogP contribution < -0.4 is 4.74 Å². The number of pyridine rings is 1. The SMILES string of the molecule is O=C(c1ccc([N+](=O)[O-])cc1)N1CCC(Oc2cccnc2)CC1. The molecule has 0 atom stereocenters. The summed E-state index contributed by atoms with van der Waals surface area (Å²) < 4.78 is 5.86. The second-order valence-corrected chi connectivity index (χ2v) is 5.60. The molecule has 1 aliphatic heterocycles. The van der Waals surface area contributed by atoms with Gasteiger partial charge in [0, 0.05) is 49.8 Å². The van der Waals surface area contributed by atoms with Crippen molar-refractivity contribution in [2.24, 2.45) is 0 Å². The Hall–Kier alpha value is -2.96. The van der Waals surface area contributed by atoms with Gasteiger partial charge in [-0.3, -0.25) is 19.9 Å². The van der Waals surface area contributed by atoms with E-state index in [0.29, 0.717) is 18.7 Å². The van der Waals surface area contributed by atoms with Crippen molar-refractivity contribution in [2.45, 2.75) is 18.9 Å². The molecule has 1 aromatic carbocycles. The molecule has 3 rings (SSSR count). The Balaban J connectivity index is 1.56. The summed E-state index contributed by atoms with van der Waals surface area (Å²) >= 11 is 0. The Kier molecular flexibility index (Phi) is 4.69. The second-order valence-electron chi connectivity index (χ2n) is 5.60. The summed E-state index contributed by atoms with van der Waals surface area (Å²) in [5, 5.41) is 10.7. The molecule has 0 unspecified atom stereocenters. The molecule has 0 spiro atoms. The lowest BCUT2D eigenvalue weighted by Gasteiger charge is -2.32. The van der Waals surface area contributed by atoms with Gasteiger partial charge in [-0.25, -0.2) is 0 Å². The second kappa shape index (κ2) is 7.08. The van der Waals surface area contributed by atoms with E-state index in [4.69, 9.17) is 4.74 Å².